The van der Waals surface area contributed by atoms with Gasteiger partial charge in [-0.2, -0.15) is 0 Å². The van der Waals surface area contributed by atoms with E-state index in [1.807, 2.05) is 66.7 Å². The third-order valence-electron chi connectivity index (χ3n) is 5.36. The molecule has 0 spiro atoms. The Morgan fingerprint density at radius 3 is 2.09 bits per heavy atom. The van der Waals surface area contributed by atoms with Crippen molar-refractivity contribution in [3.05, 3.63) is 84.4 Å². The normalized spacial score (nSPS) is 12.4. The van der Waals surface area contributed by atoms with Crippen LogP contribution in [0, 0.1) is 5.92 Å². The van der Waals surface area contributed by atoms with Crippen LogP contribution in [0.4, 0.5) is 0 Å². The maximum Gasteiger partial charge on any atom is 0.251 e. The Morgan fingerprint density at radius 2 is 1.49 bits per heavy atom. The second-order valence-corrected chi connectivity index (χ2v) is 8.08. The number of carbonyl (C=O) groups excluding carboxylic acids is 2. The summed E-state index contributed by atoms with van der Waals surface area (Å²) in [6, 6.07) is 24.1. The summed E-state index contributed by atoms with van der Waals surface area (Å²) in [7, 11) is 1.50. The van der Waals surface area contributed by atoms with Gasteiger partial charge in [-0.3, -0.25) is 14.8 Å². The van der Waals surface area contributed by atoms with Crippen LogP contribution < -0.4 is 15.5 Å². The van der Waals surface area contributed by atoms with Crippen molar-refractivity contribution in [3.63, 3.8) is 0 Å². The van der Waals surface area contributed by atoms with E-state index in [0.29, 0.717) is 5.56 Å². The number of amides is 2. The first kappa shape index (κ1) is 25.9. The summed E-state index contributed by atoms with van der Waals surface area (Å²) in [5.74, 6) is 0.175. The van der Waals surface area contributed by atoms with Crippen molar-refractivity contribution in [3.8, 4) is 22.6 Å². The van der Waals surface area contributed by atoms with E-state index in [4.69, 9.17) is 19.4 Å². The van der Waals surface area contributed by atoms with Crippen LogP contribution in [-0.2, 0) is 14.3 Å². The third-order valence-corrected chi connectivity index (χ3v) is 5.36. The zero-order valence-corrected chi connectivity index (χ0v) is 19.8. The molecular weight excluding hydrogens is 448 g/mol. The molecule has 184 valence electrons. The Labute approximate surface area is 204 Å². The van der Waals surface area contributed by atoms with Gasteiger partial charge < -0.3 is 19.5 Å². The third kappa shape index (κ3) is 7.92. The highest BCUT2D eigenvalue weighted by Crippen LogP contribution is 2.26. The fourth-order valence-electron chi connectivity index (χ4n) is 3.51. The van der Waals surface area contributed by atoms with E-state index in [0.717, 1.165) is 22.6 Å². The maximum atomic E-state index is 12.8. The Hall–Kier alpha value is -3.72. The number of hydrogen-bond donors (Lipinski definition) is 3. The van der Waals surface area contributed by atoms with E-state index in [-0.39, 0.29) is 25.7 Å². The molecule has 0 radical (unpaired) electrons. The predicted octanol–water partition coefficient (Wildman–Crippen LogP) is 4.40. The average molecular weight is 479 g/mol. The lowest BCUT2D eigenvalue weighted by Gasteiger charge is -2.21. The predicted molar refractivity (Wildman–Crippen MR) is 131 cm³/mol. The Balaban J connectivity index is 1.62. The van der Waals surface area contributed by atoms with E-state index < -0.39 is 17.9 Å². The maximum absolute atomic E-state index is 12.8. The van der Waals surface area contributed by atoms with Crippen molar-refractivity contribution in [2.75, 3.05) is 20.5 Å². The van der Waals surface area contributed by atoms with Crippen molar-refractivity contribution in [2.24, 2.45) is 5.92 Å². The molecule has 0 saturated carbocycles. The standard InChI is InChI=1S/C27H30N2O6/c1-19(26(30)29-32)16-23(17-34-18-33-2)28-27(31)22-10-8-20(9-11-22)21-12-14-25(15-13-21)35-24-6-4-3-5-7-24/h3-15,19,23,32H,16-18H2,1-2H3,(H,28,31)(H,29,30)/t19-,23-/m0/s1. The summed E-state index contributed by atoms with van der Waals surface area (Å²) in [5.41, 5.74) is 4.07. The molecule has 8 heteroatoms. The number of ether oxygens (including phenoxy) is 3. The molecule has 2 amide bonds. The van der Waals surface area contributed by atoms with E-state index in [1.165, 1.54) is 7.11 Å². The molecule has 0 unspecified atom stereocenters. The minimum atomic E-state index is -0.527. The van der Waals surface area contributed by atoms with Crippen molar-refractivity contribution in [1.29, 1.82) is 0 Å². The molecule has 3 aromatic carbocycles. The summed E-state index contributed by atoms with van der Waals surface area (Å²) in [4.78, 5) is 24.5. The lowest BCUT2D eigenvalue weighted by molar-refractivity contribution is -0.133. The Kier molecular flexibility index (Phi) is 9.80. The lowest BCUT2D eigenvalue weighted by atomic mass is 10.0. The fraction of sp³-hybridized carbons (Fsp3) is 0.259. The molecule has 35 heavy (non-hydrogen) atoms. The van der Waals surface area contributed by atoms with Gasteiger partial charge >= 0.3 is 0 Å². The molecule has 0 bridgehead atoms. The van der Waals surface area contributed by atoms with Crippen molar-refractivity contribution in [2.45, 2.75) is 19.4 Å². The van der Waals surface area contributed by atoms with Gasteiger partial charge in [0.05, 0.1) is 12.6 Å². The first-order valence-corrected chi connectivity index (χ1v) is 11.2. The first-order valence-electron chi connectivity index (χ1n) is 11.2. The summed E-state index contributed by atoms with van der Waals surface area (Å²) in [5, 5.41) is 11.7. The molecule has 3 rings (SSSR count). The van der Waals surface area contributed by atoms with Gasteiger partial charge in [-0.15, -0.1) is 0 Å². The van der Waals surface area contributed by atoms with Crippen LogP contribution in [0.1, 0.15) is 23.7 Å². The zero-order chi connectivity index (χ0) is 25.0. The smallest absolute Gasteiger partial charge is 0.251 e. The van der Waals surface area contributed by atoms with Gasteiger partial charge in [0.2, 0.25) is 5.91 Å². The summed E-state index contributed by atoms with van der Waals surface area (Å²) in [6.45, 7) is 1.89. The molecule has 0 aliphatic heterocycles. The minimum absolute atomic E-state index is 0.0663. The molecule has 8 nitrogen and oxygen atoms in total. The van der Waals surface area contributed by atoms with Gasteiger partial charge in [-0.25, -0.2) is 5.48 Å². The number of methoxy groups -OCH3 is 1. The van der Waals surface area contributed by atoms with Crippen LogP contribution in [0.3, 0.4) is 0 Å². The molecular formula is C27H30N2O6. The summed E-state index contributed by atoms with van der Waals surface area (Å²) >= 11 is 0. The van der Waals surface area contributed by atoms with Crippen LogP contribution in [0.15, 0.2) is 78.9 Å². The minimum Gasteiger partial charge on any atom is -0.457 e. The average Bonchev–Trinajstić information content (AvgIpc) is 2.89. The number of hydroxylamine groups is 1. The van der Waals surface area contributed by atoms with Gasteiger partial charge in [0, 0.05) is 18.6 Å². The SMILES string of the molecule is COCOC[C@H](C[C@H](C)C(=O)NO)NC(=O)c1ccc(-c2ccc(Oc3ccccc3)cc2)cc1. The quantitative estimate of drug-likeness (QED) is 0.154. The van der Waals surface area contributed by atoms with Gasteiger partial charge in [-0.05, 0) is 53.9 Å². The lowest BCUT2D eigenvalue weighted by Crippen LogP contribution is -2.41. The highest BCUT2D eigenvalue weighted by Gasteiger charge is 2.21. The molecule has 0 saturated heterocycles. The van der Waals surface area contributed by atoms with Crippen LogP contribution >= 0.6 is 0 Å². The highest BCUT2D eigenvalue weighted by molar-refractivity contribution is 5.95. The monoisotopic (exact) mass is 478 g/mol. The largest absolute Gasteiger partial charge is 0.457 e. The zero-order valence-electron chi connectivity index (χ0n) is 19.8. The fourth-order valence-corrected chi connectivity index (χ4v) is 3.51. The first-order chi connectivity index (χ1) is 17.0. The van der Waals surface area contributed by atoms with Crippen LogP contribution in [0.25, 0.3) is 11.1 Å². The molecule has 0 fully saturated rings. The molecule has 3 N–H and O–H groups in total. The van der Waals surface area contributed by atoms with E-state index in [1.54, 1.807) is 24.5 Å². The van der Waals surface area contributed by atoms with Crippen LogP contribution in [0.5, 0.6) is 11.5 Å². The number of carbonyl (C=O) groups is 2. The topological polar surface area (TPSA) is 106 Å². The molecule has 0 aliphatic carbocycles. The van der Waals surface area contributed by atoms with Crippen molar-refractivity contribution >= 4 is 11.8 Å². The van der Waals surface area contributed by atoms with Crippen molar-refractivity contribution in [1.82, 2.24) is 10.8 Å². The summed E-state index contributed by atoms with van der Waals surface area (Å²) in [6.07, 6.45) is 0.289. The van der Waals surface area contributed by atoms with Crippen LogP contribution in [-0.4, -0.2) is 43.6 Å². The number of hydrogen-bond acceptors (Lipinski definition) is 6. The second kappa shape index (κ2) is 13.2. The molecule has 2 atom stereocenters. The van der Waals surface area contributed by atoms with Crippen LogP contribution in [0.2, 0.25) is 0 Å². The second-order valence-electron chi connectivity index (χ2n) is 8.08. The molecule has 3 aromatic rings. The number of nitrogens with one attached hydrogen (secondary N) is 2. The van der Waals surface area contributed by atoms with E-state index >= 15 is 0 Å². The number of para-hydroxylation sites is 1. The Bertz CT molecular complexity index is 1070. The highest BCUT2D eigenvalue weighted by atomic mass is 16.7. The molecule has 0 aliphatic rings. The van der Waals surface area contributed by atoms with Gasteiger partial charge in [0.1, 0.15) is 18.3 Å². The summed E-state index contributed by atoms with van der Waals surface area (Å²) < 4.78 is 16.1. The van der Waals surface area contributed by atoms with Crippen molar-refractivity contribution < 1.29 is 29.0 Å². The Morgan fingerprint density at radius 1 is 0.886 bits per heavy atom. The molecule has 0 heterocycles. The number of rotatable bonds is 12. The number of benzene rings is 3. The van der Waals surface area contributed by atoms with E-state index in [2.05, 4.69) is 5.32 Å². The van der Waals surface area contributed by atoms with Gasteiger partial charge in [0.15, 0.2) is 0 Å². The van der Waals surface area contributed by atoms with E-state index in [9.17, 15) is 9.59 Å². The molecule has 0 aromatic heterocycles. The van der Waals surface area contributed by atoms with Gasteiger partial charge in [-0.1, -0.05) is 49.4 Å². The van der Waals surface area contributed by atoms with Gasteiger partial charge in [0.25, 0.3) is 5.91 Å².